The Morgan fingerprint density at radius 2 is 2.47 bits per heavy atom. The third-order valence-electron chi connectivity index (χ3n) is 2.74. The number of carbonyl (C=O) groups is 1. The fraction of sp³-hybridized carbons (Fsp3) is 0.500. The second-order valence-electron chi connectivity index (χ2n) is 4.24. The zero-order valence-electron chi connectivity index (χ0n) is 9.80. The van der Waals surface area contributed by atoms with E-state index >= 15 is 0 Å². The van der Waals surface area contributed by atoms with E-state index in [1.165, 1.54) is 6.07 Å². The van der Waals surface area contributed by atoms with Crippen LogP contribution in [0.4, 0.5) is 0 Å². The highest BCUT2D eigenvalue weighted by Crippen LogP contribution is 2.19. The van der Waals surface area contributed by atoms with Crippen LogP contribution in [0.5, 0.6) is 0 Å². The van der Waals surface area contributed by atoms with Crippen molar-refractivity contribution in [3.63, 3.8) is 0 Å². The average molecular weight is 252 g/mol. The lowest BCUT2D eigenvalue weighted by molar-refractivity contribution is 0.0690. The van der Waals surface area contributed by atoms with Gasteiger partial charge >= 0.3 is 5.97 Å². The molecule has 0 aliphatic carbocycles. The van der Waals surface area contributed by atoms with E-state index in [-0.39, 0.29) is 5.69 Å². The Balaban J connectivity index is 2.02. The summed E-state index contributed by atoms with van der Waals surface area (Å²) in [4.78, 5) is 17.3. The van der Waals surface area contributed by atoms with Crippen LogP contribution in [0.15, 0.2) is 18.2 Å². The molecular weight excluding hydrogens is 236 g/mol. The van der Waals surface area contributed by atoms with Gasteiger partial charge in [-0.3, -0.25) is 4.90 Å². The topological polar surface area (TPSA) is 53.4 Å². The second kappa shape index (κ2) is 5.51. The zero-order valence-corrected chi connectivity index (χ0v) is 10.6. The first-order valence-corrected chi connectivity index (χ1v) is 6.73. The standard InChI is InChI=1S/C12H16N2O2S/c1-9-7-14(5-6-17-9)8-10-3-2-4-11(13-10)12(15)16/h2-4,9H,5-8H2,1H3,(H,15,16). The third-order valence-corrected chi connectivity index (χ3v) is 3.87. The van der Waals surface area contributed by atoms with Crippen LogP contribution in [0.25, 0.3) is 0 Å². The number of pyridine rings is 1. The van der Waals surface area contributed by atoms with Gasteiger partial charge in [-0.25, -0.2) is 9.78 Å². The van der Waals surface area contributed by atoms with Crippen LogP contribution >= 0.6 is 11.8 Å². The van der Waals surface area contributed by atoms with Gasteiger partial charge in [0, 0.05) is 30.6 Å². The molecule has 1 aromatic heterocycles. The van der Waals surface area contributed by atoms with Crippen molar-refractivity contribution >= 4 is 17.7 Å². The molecule has 5 heteroatoms. The maximum Gasteiger partial charge on any atom is 0.354 e. The molecule has 2 rings (SSSR count). The fourth-order valence-corrected chi connectivity index (χ4v) is 3.03. The molecule has 1 unspecified atom stereocenters. The van der Waals surface area contributed by atoms with E-state index in [1.54, 1.807) is 6.07 Å². The summed E-state index contributed by atoms with van der Waals surface area (Å²) in [7, 11) is 0. The fourth-order valence-electron chi connectivity index (χ4n) is 1.95. The molecule has 2 heterocycles. The maximum atomic E-state index is 10.8. The van der Waals surface area contributed by atoms with Gasteiger partial charge in [0.2, 0.25) is 0 Å². The molecule has 1 aromatic rings. The third kappa shape index (κ3) is 3.44. The van der Waals surface area contributed by atoms with Crippen molar-refractivity contribution in [3.05, 3.63) is 29.6 Å². The highest BCUT2D eigenvalue weighted by molar-refractivity contribution is 7.99. The van der Waals surface area contributed by atoms with Gasteiger partial charge < -0.3 is 5.11 Å². The first-order valence-electron chi connectivity index (χ1n) is 5.68. The number of carboxylic acids is 1. The van der Waals surface area contributed by atoms with Gasteiger partial charge in [0.05, 0.1) is 5.69 Å². The van der Waals surface area contributed by atoms with Gasteiger partial charge in [-0.2, -0.15) is 11.8 Å². The highest BCUT2D eigenvalue weighted by Gasteiger charge is 2.17. The van der Waals surface area contributed by atoms with Crippen molar-refractivity contribution in [2.45, 2.75) is 18.7 Å². The van der Waals surface area contributed by atoms with Gasteiger partial charge in [-0.1, -0.05) is 13.0 Å². The molecule has 0 aromatic carbocycles. The largest absolute Gasteiger partial charge is 0.477 e. The van der Waals surface area contributed by atoms with Gasteiger partial charge in [0.1, 0.15) is 5.69 Å². The van der Waals surface area contributed by atoms with Crippen LogP contribution in [0.1, 0.15) is 23.1 Å². The minimum Gasteiger partial charge on any atom is -0.477 e. The van der Waals surface area contributed by atoms with Crippen molar-refractivity contribution in [1.29, 1.82) is 0 Å². The van der Waals surface area contributed by atoms with Gasteiger partial charge in [-0.05, 0) is 12.1 Å². The van der Waals surface area contributed by atoms with Crippen molar-refractivity contribution in [2.75, 3.05) is 18.8 Å². The lowest BCUT2D eigenvalue weighted by Crippen LogP contribution is -2.36. The molecule has 1 atom stereocenters. The highest BCUT2D eigenvalue weighted by atomic mass is 32.2. The molecule has 1 aliphatic rings. The summed E-state index contributed by atoms with van der Waals surface area (Å²) in [6.07, 6.45) is 0. The molecule has 0 spiro atoms. The van der Waals surface area contributed by atoms with Crippen LogP contribution in [-0.4, -0.2) is 45.1 Å². The number of rotatable bonds is 3. The van der Waals surface area contributed by atoms with Gasteiger partial charge in [-0.15, -0.1) is 0 Å². The molecule has 1 saturated heterocycles. The summed E-state index contributed by atoms with van der Waals surface area (Å²) in [6, 6.07) is 5.17. The first-order chi connectivity index (χ1) is 8.15. The molecule has 1 N–H and O–H groups in total. The lowest BCUT2D eigenvalue weighted by Gasteiger charge is -2.30. The first kappa shape index (κ1) is 12.4. The molecule has 1 aliphatic heterocycles. The second-order valence-corrected chi connectivity index (χ2v) is 5.78. The molecule has 4 nitrogen and oxygen atoms in total. The Bertz CT molecular complexity index is 411. The summed E-state index contributed by atoms with van der Waals surface area (Å²) in [6.45, 7) is 5.06. The van der Waals surface area contributed by atoms with E-state index in [0.29, 0.717) is 5.25 Å². The number of aromatic carboxylic acids is 1. The summed E-state index contributed by atoms with van der Waals surface area (Å²) in [5, 5.41) is 9.52. The van der Waals surface area contributed by atoms with Crippen LogP contribution in [-0.2, 0) is 6.54 Å². The van der Waals surface area contributed by atoms with Crippen molar-refractivity contribution in [3.8, 4) is 0 Å². The molecule has 1 fully saturated rings. The Kier molecular flexibility index (Phi) is 4.02. The number of nitrogens with zero attached hydrogens (tertiary/aromatic N) is 2. The predicted molar refractivity (Wildman–Crippen MR) is 68.4 cm³/mol. The number of aromatic nitrogens is 1. The van der Waals surface area contributed by atoms with Gasteiger partial charge in [0.25, 0.3) is 0 Å². The number of hydrogen-bond acceptors (Lipinski definition) is 4. The predicted octanol–water partition coefficient (Wildman–Crippen LogP) is 1.72. The van der Waals surface area contributed by atoms with Crippen LogP contribution in [0.2, 0.25) is 0 Å². The van der Waals surface area contributed by atoms with E-state index in [0.717, 1.165) is 31.1 Å². The molecular formula is C12H16N2O2S. The Morgan fingerprint density at radius 1 is 1.65 bits per heavy atom. The molecule has 92 valence electrons. The van der Waals surface area contributed by atoms with Crippen molar-refractivity contribution < 1.29 is 9.90 Å². The monoisotopic (exact) mass is 252 g/mol. The molecule has 0 saturated carbocycles. The quantitative estimate of drug-likeness (QED) is 0.887. The summed E-state index contributed by atoms with van der Waals surface area (Å²) in [5.41, 5.74) is 0.964. The molecule has 0 amide bonds. The number of carboxylic acid groups (broad SMARTS) is 1. The van der Waals surface area contributed by atoms with Gasteiger partial charge in [0.15, 0.2) is 0 Å². The van der Waals surface area contributed by atoms with Crippen molar-refractivity contribution in [2.24, 2.45) is 0 Å². The summed E-state index contributed by atoms with van der Waals surface area (Å²) in [5.74, 6) is 0.175. The summed E-state index contributed by atoms with van der Waals surface area (Å²) < 4.78 is 0. The SMILES string of the molecule is CC1CN(Cc2cccc(C(=O)O)n2)CCS1. The summed E-state index contributed by atoms with van der Waals surface area (Å²) >= 11 is 1.98. The van der Waals surface area contributed by atoms with Crippen molar-refractivity contribution in [1.82, 2.24) is 9.88 Å². The van der Waals surface area contributed by atoms with E-state index in [2.05, 4.69) is 16.8 Å². The molecule has 0 radical (unpaired) electrons. The average Bonchev–Trinajstić information content (AvgIpc) is 2.29. The van der Waals surface area contributed by atoms with E-state index in [9.17, 15) is 4.79 Å². The zero-order chi connectivity index (χ0) is 12.3. The smallest absolute Gasteiger partial charge is 0.354 e. The van der Waals surface area contributed by atoms with E-state index < -0.39 is 5.97 Å². The number of thioether (sulfide) groups is 1. The maximum absolute atomic E-state index is 10.8. The minimum atomic E-state index is -0.964. The molecule has 17 heavy (non-hydrogen) atoms. The Hall–Kier alpha value is -1.07. The van der Waals surface area contributed by atoms with E-state index in [1.807, 2.05) is 17.8 Å². The van der Waals surface area contributed by atoms with Crippen LogP contribution in [0, 0.1) is 0 Å². The van der Waals surface area contributed by atoms with Crippen LogP contribution < -0.4 is 0 Å². The Morgan fingerprint density at radius 3 is 3.18 bits per heavy atom. The number of hydrogen-bond donors (Lipinski definition) is 1. The lowest BCUT2D eigenvalue weighted by atomic mass is 10.2. The molecule has 0 bridgehead atoms. The minimum absolute atomic E-state index is 0.127. The normalized spacial score (nSPS) is 21.4. The van der Waals surface area contributed by atoms with E-state index in [4.69, 9.17) is 5.11 Å². The Labute approximate surface area is 105 Å². The van der Waals surface area contributed by atoms with Crippen LogP contribution in [0.3, 0.4) is 0 Å².